The predicted molar refractivity (Wildman–Crippen MR) is 65.2 cm³/mol. The Hall–Kier alpha value is -2.10. The number of hydrogen-bond donors (Lipinski definition) is 1. The van der Waals surface area contributed by atoms with Crippen LogP contribution in [0.15, 0.2) is 24.5 Å². The Labute approximate surface area is 92.7 Å². The average Bonchev–Trinajstić information content (AvgIpc) is 2.63. The Morgan fingerprint density at radius 3 is 2.94 bits per heavy atom. The van der Waals surface area contributed by atoms with Crippen molar-refractivity contribution in [2.24, 2.45) is 7.05 Å². The van der Waals surface area contributed by atoms with E-state index in [-0.39, 0.29) is 0 Å². The molecule has 0 amide bonds. The maximum absolute atomic E-state index is 5.89. The molecule has 2 aromatic heterocycles. The number of pyridine rings is 1. The number of hydrogen-bond acceptors (Lipinski definition) is 3. The van der Waals surface area contributed by atoms with Crippen LogP contribution in [0, 0.1) is 6.92 Å². The zero-order valence-electron chi connectivity index (χ0n) is 9.23. The standard InChI is InChI=1S/C12H12N4/c1-7-3-4-9-8(5-7)11-10(12(13)15-9)14-6-16(11)2/h3-6H,1-2H3,(H2,13,15). The summed E-state index contributed by atoms with van der Waals surface area (Å²) in [6.07, 6.45) is 1.77. The molecule has 80 valence electrons. The van der Waals surface area contributed by atoms with Gasteiger partial charge in [-0.15, -0.1) is 0 Å². The van der Waals surface area contributed by atoms with Gasteiger partial charge < -0.3 is 10.3 Å². The van der Waals surface area contributed by atoms with Crippen LogP contribution in [0.3, 0.4) is 0 Å². The zero-order valence-corrected chi connectivity index (χ0v) is 9.23. The first-order valence-electron chi connectivity index (χ1n) is 5.13. The van der Waals surface area contributed by atoms with Crippen LogP contribution >= 0.6 is 0 Å². The van der Waals surface area contributed by atoms with Crippen molar-refractivity contribution in [2.75, 3.05) is 5.73 Å². The van der Waals surface area contributed by atoms with Crippen molar-refractivity contribution in [1.82, 2.24) is 14.5 Å². The van der Waals surface area contributed by atoms with Crippen LogP contribution in [0.1, 0.15) is 5.56 Å². The fourth-order valence-electron chi connectivity index (χ4n) is 2.06. The normalized spacial score (nSPS) is 11.4. The first-order chi connectivity index (χ1) is 7.66. The van der Waals surface area contributed by atoms with Crippen molar-refractivity contribution in [3.8, 4) is 0 Å². The number of benzene rings is 1. The maximum atomic E-state index is 5.89. The van der Waals surface area contributed by atoms with Crippen molar-refractivity contribution in [2.45, 2.75) is 6.92 Å². The summed E-state index contributed by atoms with van der Waals surface area (Å²) in [6.45, 7) is 2.07. The first-order valence-corrected chi connectivity index (χ1v) is 5.13. The maximum Gasteiger partial charge on any atom is 0.152 e. The number of nitrogens with zero attached hydrogens (tertiary/aromatic N) is 3. The molecule has 0 aliphatic heterocycles. The quantitative estimate of drug-likeness (QED) is 0.620. The molecule has 3 aromatic rings. The fraction of sp³-hybridized carbons (Fsp3) is 0.167. The van der Waals surface area contributed by atoms with Crippen LogP contribution < -0.4 is 5.73 Å². The third-order valence-electron chi connectivity index (χ3n) is 2.83. The minimum Gasteiger partial charge on any atom is -0.382 e. The van der Waals surface area contributed by atoms with Crippen LogP contribution in [0.4, 0.5) is 5.82 Å². The number of anilines is 1. The molecule has 0 aliphatic carbocycles. The highest BCUT2D eigenvalue weighted by Gasteiger charge is 2.10. The molecule has 0 unspecified atom stereocenters. The van der Waals surface area contributed by atoms with Gasteiger partial charge in [0, 0.05) is 12.4 Å². The van der Waals surface area contributed by atoms with Gasteiger partial charge in [0.25, 0.3) is 0 Å². The van der Waals surface area contributed by atoms with Crippen molar-refractivity contribution in [1.29, 1.82) is 0 Å². The molecule has 0 radical (unpaired) electrons. The van der Waals surface area contributed by atoms with Gasteiger partial charge in [0.05, 0.1) is 17.4 Å². The van der Waals surface area contributed by atoms with Crippen LogP contribution in [-0.2, 0) is 7.05 Å². The molecular formula is C12H12N4. The third-order valence-corrected chi connectivity index (χ3v) is 2.83. The minimum atomic E-state index is 0.493. The predicted octanol–water partition coefficient (Wildman–Crippen LogP) is 2.01. The summed E-state index contributed by atoms with van der Waals surface area (Å²) >= 11 is 0. The van der Waals surface area contributed by atoms with E-state index in [1.54, 1.807) is 6.33 Å². The Bertz CT molecular complexity index is 697. The van der Waals surface area contributed by atoms with E-state index in [2.05, 4.69) is 23.0 Å². The topological polar surface area (TPSA) is 56.7 Å². The molecule has 3 rings (SSSR count). The summed E-state index contributed by atoms with van der Waals surface area (Å²) in [5.41, 5.74) is 9.84. The Morgan fingerprint density at radius 2 is 2.12 bits per heavy atom. The number of rotatable bonds is 0. The molecule has 2 heterocycles. The summed E-state index contributed by atoms with van der Waals surface area (Å²) in [5.74, 6) is 0.493. The second-order valence-corrected chi connectivity index (χ2v) is 4.07. The van der Waals surface area contributed by atoms with E-state index in [9.17, 15) is 0 Å². The molecule has 0 atom stereocenters. The Balaban J connectivity index is 2.64. The van der Waals surface area contributed by atoms with Crippen molar-refractivity contribution in [3.63, 3.8) is 0 Å². The van der Waals surface area contributed by atoms with E-state index >= 15 is 0 Å². The molecule has 2 N–H and O–H groups in total. The number of aryl methyl sites for hydroxylation is 2. The lowest BCUT2D eigenvalue weighted by molar-refractivity contribution is 0.950. The molecule has 0 aliphatic rings. The van der Waals surface area contributed by atoms with E-state index in [0.717, 1.165) is 21.9 Å². The molecule has 0 bridgehead atoms. The largest absolute Gasteiger partial charge is 0.382 e. The van der Waals surface area contributed by atoms with Crippen LogP contribution in [0.5, 0.6) is 0 Å². The fourth-order valence-corrected chi connectivity index (χ4v) is 2.06. The summed E-state index contributed by atoms with van der Waals surface area (Å²) in [4.78, 5) is 8.63. The molecule has 1 aromatic carbocycles. The summed E-state index contributed by atoms with van der Waals surface area (Å²) in [7, 11) is 1.97. The number of nitrogens with two attached hydrogens (primary N) is 1. The smallest absolute Gasteiger partial charge is 0.152 e. The van der Waals surface area contributed by atoms with E-state index in [0.29, 0.717) is 5.82 Å². The second-order valence-electron chi connectivity index (χ2n) is 4.07. The van der Waals surface area contributed by atoms with Gasteiger partial charge in [0.15, 0.2) is 5.82 Å². The Morgan fingerprint density at radius 1 is 1.31 bits per heavy atom. The van der Waals surface area contributed by atoms with Gasteiger partial charge in [-0.25, -0.2) is 9.97 Å². The summed E-state index contributed by atoms with van der Waals surface area (Å²) in [5, 5.41) is 1.10. The molecule has 16 heavy (non-hydrogen) atoms. The highest BCUT2D eigenvalue weighted by molar-refractivity contribution is 6.06. The highest BCUT2D eigenvalue weighted by atomic mass is 15.0. The second kappa shape index (κ2) is 2.95. The number of imidazole rings is 1. The van der Waals surface area contributed by atoms with Gasteiger partial charge >= 0.3 is 0 Å². The third kappa shape index (κ3) is 1.10. The van der Waals surface area contributed by atoms with Crippen molar-refractivity contribution >= 4 is 27.8 Å². The molecule has 0 fully saturated rings. The van der Waals surface area contributed by atoms with E-state index in [1.165, 1.54) is 5.56 Å². The van der Waals surface area contributed by atoms with E-state index < -0.39 is 0 Å². The number of fused-ring (bicyclic) bond motifs is 3. The summed E-state index contributed by atoms with van der Waals surface area (Å²) in [6, 6.07) is 6.15. The van der Waals surface area contributed by atoms with Crippen LogP contribution in [-0.4, -0.2) is 14.5 Å². The molecule has 0 spiro atoms. The molecule has 0 saturated carbocycles. The van der Waals surface area contributed by atoms with Crippen molar-refractivity contribution < 1.29 is 0 Å². The van der Waals surface area contributed by atoms with Gasteiger partial charge in [-0.3, -0.25) is 0 Å². The minimum absolute atomic E-state index is 0.493. The first kappa shape index (κ1) is 9.15. The Kier molecular flexibility index (Phi) is 1.68. The van der Waals surface area contributed by atoms with E-state index in [4.69, 9.17) is 5.73 Å². The molecule has 4 heteroatoms. The van der Waals surface area contributed by atoms with Crippen molar-refractivity contribution in [3.05, 3.63) is 30.1 Å². The average molecular weight is 212 g/mol. The molecule has 4 nitrogen and oxygen atoms in total. The highest BCUT2D eigenvalue weighted by Crippen LogP contribution is 2.26. The lowest BCUT2D eigenvalue weighted by Gasteiger charge is -2.04. The summed E-state index contributed by atoms with van der Waals surface area (Å²) < 4.78 is 1.98. The van der Waals surface area contributed by atoms with Gasteiger partial charge in [0.2, 0.25) is 0 Å². The lowest BCUT2D eigenvalue weighted by atomic mass is 10.1. The SMILES string of the molecule is Cc1ccc2nc(N)c3ncn(C)c3c2c1. The monoisotopic (exact) mass is 212 g/mol. The zero-order chi connectivity index (χ0) is 11.3. The van der Waals surface area contributed by atoms with Gasteiger partial charge in [-0.1, -0.05) is 11.6 Å². The molecule has 0 saturated heterocycles. The van der Waals surface area contributed by atoms with Crippen LogP contribution in [0.25, 0.3) is 21.9 Å². The van der Waals surface area contributed by atoms with E-state index in [1.807, 2.05) is 23.7 Å². The van der Waals surface area contributed by atoms with Gasteiger partial charge in [-0.2, -0.15) is 0 Å². The molecular weight excluding hydrogens is 200 g/mol. The van der Waals surface area contributed by atoms with Gasteiger partial charge in [-0.05, 0) is 19.1 Å². The number of nitrogen functional groups attached to an aromatic ring is 1. The van der Waals surface area contributed by atoms with Gasteiger partial charge in [0.1, 0.15) is 5.52 Å². The van der Waals surface area contributed by atoms with Crippen LogP contribution in [0.2, 0.25) is 0 Å². The lowest BCUT2D eigenvalue weighted by Crippen LogP contribution is -1.95. The number of aromatic nitrogens is 3.